The van der Waals surface area contributed by atoms with Gasteiger partial charge in [-0.25, -0.2) is 0 Å². The molecule has 0 aliphatic carbocycles. The van der Waals surface area contributed by atoms with Crippen LogP contribution in [0.25, 0.3) is 0 Å². The molecule has 0 radical (unpaired) electrons. The molecule has 5 heteroatoms. The third-order valence-electron chi connectivity index (χ3n) is 2.74. The molecule has 0 aromatic heterocycles. The van der Waals surface area contributed by atoms with Crippen molar-refractivity contribution in [2.24, 2.45) is 4.99 Å². The molecule has 20 heavy (non-hydrogen) atoms. The van der Waals surface area contributed by atoms with E-state index in [4.69, 9.17) is 27.9 Å². The molecular formula is C15H13Cl2NO2. The van der Waals surface area contributed by atoms with E-state index in [1.165, 1.54) is 6.07 Å². The molecule has 0 aliphatic heterocycles. The highest BCUT2D eigenvalue weighted by atomic mass is 35.5. The lowest BCUT2D eigenvalue weighted by Gasteiger charge is -2.05. The summed E-state index contributed by atoms with van der Waals surface area (Å²) in [5.74, 6) is 0.748. The second-order valence-electron chi connectivity index (χ2n) is 4.11. The van der Waals surface area contributed by atoms with Gasteiger partial charge in [-0.15, -0.1) is 0 Å². The summed E-state index contributed by atoms with van der Waals surface area (Å²) in [7, 11) is 1.62. The second-order valence-corrected chi connectivity index (χ2v) is 4.95. The standard InChI is InChI=1S/C15H13Cl2NO2/c1-20-14-5-3-2-4-10(14)8-18-9-11-6-12(16)7-13(17)15(11)19/h2-7,9,19H,8H2,1H3. The number of nitrogens with zero attached hydrogens (tertiary/aromatic N) is 1. The van der Waals surface area contributed by atoms with Gasteiger partial charge in [0.2, 0.25) is 0 Å². The minimum atomic E-state index is -0.0279. The molecule has 0 fully saturated rings. The number of benzene rings is 2. The molecule has 1 N–H and O–H groups in total. The molecule has 0 unspecified atom stereocenters. The zero-order valence-corrected chi connectivity index (χ0v) is 12.3. The largest absolute Gasteiger partial charge is 0.506 e. The van der Waals surface area contributed by atoms with Gasteiger partial charge in [-0.3, -0.25) is 4.99 Å². The van der Waals surface area contributed by atoms with Crippen LogP contribution in [0.5, 0.6) is 11.5 Å². The Morgan fingerprint density at radius 3 is 2.75 bits per heavy atom. The van der Waals surface area contributed by atoms with Gasteiger partial charge in [-0.05, 0) is 18.2 Å². The summed E-state index contributed by atoms with van der Waals surface area (Å²) in [6.45, 7) is 0.438. The smallest absolute Gasteiger partial charge is 0.143 e. The van der Waals surface area contributed by atoms with Crippen LogP contribution in [0.3, 0.4) is 0 Å². The van der Waals surface area contributed by atoms with E-state index in [1.807, 2.05) is 24.3 Å². The number of para-hydroxylation sites is 1. The summed E-state index contributed by atoms with van der Waals surface area (Å²) in [5.41, 5.74) is 1.44. The van der Waals surface area contributed by atoms with Crippen molar-refractivity contribution in [2.45, 2.75) is 6.54 Å². The number of halogens is 2. The molecule has 0 saturated carbocycles. The first-order valence-corrected chi connectivity index (χ1v) is 6.67. The average molecular weight is 310 g/mol. The molecule has 104 valence electrons. The fourth-order valence-electron chi connectivity index (χ4n) is 1.76. The zero-order chi connectivity index (χ0) is 14.5. The van der Waals surface area contributed by atoms with Crippen LogP contribution in [0.4, 0.5) is 0 Å². The van der Waals surface area contributed by atoms with E-state index in [0.29, 0.717) is 17.1 Å². The normalized spacial score (nSPS) is 10.9. The maximum absolute atomic E-state index is 9.81. The minimum Gasteiger partial charge on any atom is -0.506 e. The van der Waals surface area contributed by atoms with Crippen LogP contribution in [0, 0.1) is 0 Å². The summed E-state index contributed by atoms with van der Waals surface area (Å²) < 4.78 is 5.24. The number of phenols is 1. The third kappa shape index (κ3) is 3.44. The molecule has 0 atom stereocenters. The molecule has 0 heterocycles. The predicted molar refractivity (Wildman–Crippen MR) is 82.4 cm³/mol. The first-order valence-electron chi connectivity index (χ1n) is 5.91. The Kier molecular flexibility index (Phi) is 4.88. The summed E-state index contributed by atoms with van der Waals surface area (Å²) in [5, 5.41) is 10.5. The van der Waals surface area contributed by atoms with Crippen LogP contribution < -0.4 is 4.74 Å². The first-order chi connectivity index (χ1) is 9.61. The van der Waals surface area contributed by atoms with Gasteiger partial charge < -0.3 is 9.84 Å². The molecule has 0 amide bonds. The van der Waals surface area contributed by atoms with Gasteiger partial charge in [0.15, 0.2) is 0 Å². The van der Waals surface area contributed by atoms with Gasteiger partial charge in [-0.2, -0.15) is 0 Å². The molecular weight excluding hydrogens is 297 g/mol. The lowest BCUT2D eigenvalue weighted by Crippen LogP contribution is -1.91. The molecule has 0 bridgehead atoms. The number of hydrogen-bond acceptors (Lipinski definition) is 3. The van der Waals surface area contributed by atoms with Crippen LogP contribution in [-0.2, 0) is 6.54 Å². The Morgan fingerprint density at radius 1 is 1.25 bits per heavy atom. The Bertz CT molecular complexity index is 642. The van der Waals surface area contributed by atoms with Crippen molar-refractivity contribution in [3.05, 3.63) is 57.6 Å². The van der Waals surface area contributed by atoms with Crippen LogP contribution >= 0.6 is 23.2 Å². The summed E-state index contributed by atoms with van der Waals surface area (Å²) in [6.07, 6.45) is 1.54. The van der Waals surface area contributed by atoms with E-state index in [0.717, 1.165) is 11.3 Å². The van der Waals surface area contributed by atoms with Gasteiger partial charge in [0, 0.05) is 22.4 Å². The van der Waals surface area contributed by atoms with Gasteiger partial charge >= 0.3 is 0 Å². The maximum atomic E-state index is 9.81. The number of aliphatic imine (C=N–C) groups is 1. The SMILES string of the molecule is COc1ccccc1CN=Cc1cc(Cl)cc(Cl)c1O. The van der Waals surface area contributed by atoms with Crippen molar-refractivity contribution in [1.82, 2.24) is 0 Å². The maximum Gasteiger partial charge on any atom is 0.143 e. The fourth-order valence-corrected chi connectivity index (χ4v) is 2.27. The lowest BCUT2D eigenvalue weighted by molar-refractivity contribution is 0.410. The van der Waals surface area contributed by atoms with Crippen LogP contribution in [0.15, 0.2) is 41.4 Å². The second kappa shape index (κ2) is 6.64. The van der Waals surface area contributed by atoms with E-state index in [2.05, 4.69) is 4.99 Å². The number of phenolic OH excluding ortho intramolecular Hbond substituents is 1. The molecule has 2 aromatic carbocycles. The highest BCUT2D eigenvalue weighted by Gasteiger charge is 2.06. The molecule has 3 nitrogen and oxygen atoms in total. The molecule has 0 aliphatic rings. The highest BCUT2D eigenvalue weighted by Crippen LogP contribution is 2.30. The van der Waals surface area contributed by atoms with Crippen molar-refractivity contribution >= 4 is 29.4 Å². The number of rotatable bonds is 4. The van der Waals surface area contributed by atoms with Crippen molar-refractivity contribution in [3.8, 4) is 11.5 Å². The Labute approximate surface area is 127 Å². The van der Waals surface area contributed by atoms with Crippen LogP contribution in [0.1, 0.15) is 11.1 Å². The fraction of sp³-hybridized carbons (Fsp3) is 0.133. The monoisotopic (exact) mass is 309 g/mol. The van der Waals surface area contributed by atoms with E-state index in [-0.39, 0.29) is 10.8 Å². The van der Waals surface area contributed by atoms with E-state index < -0.39 is 0 Å². The minimum absolute atomic E-state index is 0.0279. The van der Waals surface area contributed by atoms with Gasteiger partial charge in [0.1, 0.15) is 11.5 Å². The van der Waals surface area contributed by atoms with E-state index in [9.17, 15) is 5.11 Å². The first kappa shape index (κ1) is 14.7. The van der Waals surface area contributed by atoms with Gasteiger partial charge in [0.25, 0.3) is 0 Å². The Morgan fingerprint density at radius 2 is 2.00 bits per heavy atom. The lowest BCUT2D eigenvalue weighted by atomic mass is 10.2. The van der Waals surface area contributed by atoms with Gasteiger partial charge in [-0.1, -0.05) is 41.4 Å². The van der Waals surface area contributed by atoms with E-state index >= 15 is 0 Å². The van der Waals surface area contributed by atoms with Crippen molar-refractivity contribution in [1.29, 1.82) is 0 Å². The average Bonchev–Trinajstić information content (AvgIpc) is 2.44. The summed E-state index contributed by atoms with van der Waals surface area (Å²) in [6, 6.07) is 10.7. The number of hydrogen-bond donors (Lipinski definition) is 1. The predicted octanol–water partition coefficient (Wildman–Crippen LogP) is 4.33. The van der Waals surface area contributed by atoms with Crippen molar-refractivity contribution in [2.75, 3.05) is 7.11 Å². The number of aromatic hydroxyl groups is 1. The topological polar surface area (TPSA) is 41.8 Å². The number of methoxy groups -OCH3 is 1. The number of ether oxygens (including phenoxy) is 1. The Hall–Kier alpha value is -1.71. The van der Waals surface area contributed by atoms with Crippen molar-refractivity contribution in [3.63, 3.8) is 0 Å². The third-order valence-corrected chi connectivity index (χ3v) is 3.25. The van der Waals surface area contributed by atoms with Crippen LogP contribution in [-0.4, -0.2) is 18.4 Å². The van der Waals surface area contributed by atoms with Crippen LogP contribution in [0.2, 0.25) is 10.0 Å². The molecule has 2 rings (SSSR count). The van der Waals surface area contributed by atoms with E-state index in [1.54, 1.807) is 19.4 Å². The summed E-state index contributed by atoms with van der Waals surface area (Å²) in [4.78, 5) is 4.28. The molecule has 0 spiro atoms. The molecule has 2 aromatic rings. The molecule has 0 saturated heterocycles. The van der Waals surface area contributed by atoms with Gasteiger partial charge in [0.05, 0.1) is 18.7 Å². The highest BCUT2D eigenvalue weighted by molar-refractivity contribution is 6.36. The summed E-state index contributed by atoms with van der Waals surface area (Å²) >= 11 is 11.7. The van der Waals surface area contributed by atoms with Crippen molar-refractivity contribution < 1.29 is 9.84 Å². The Balaban J connectivity index is 2.18. The zero-order valence-electron chi connectivity index (χ0n) is 10.8. The quantitative estimate of drug-likeness (QED) is 0.854.